The van der Waals surface area contributed by atoms with Gasteiger partial charge >= 0.3 is 0 Å². The second kappa shape index (κ2) is 9.42. The number of hydrogen-bond acceptors (Lipinski definition) is 5. The lowest BCUT2D eigenvalue weighted by Crippen LogP contribution is -2.23. The summed E-state index contributed by atoms with van der Waals surface area (Å²) in [6.45, 7) is 1.00. The van der Waals surface area contributed by atoms with Crippen LogP contribution in [0.4, 0.5) is 11.4 Å². The first kappa shape index (κ1) is 22.0. The third kappa shape index (κ3) is 4.72. The van der Waals surface area contributed by atoms with Crippen LogP contribution in [0.1, 0.15) is 16.8 Å². The Morgan fingerprint density at radius 3 is 2.70 bits per heavy atom. The number of halogens is 1. The molecule has 3 aromatic rings. The average Bonchev–Trinajstić information content (AvgIpc) is 2.69. The van der Waals surface area contributed by atoms with Crippen LogP contribution in [0, 0.1) is 4.77 Å². The predicted octanol–water partition coefficient (Wildman–Crippen LogP) is 4.07. The molecule has 0 saturated carbocycles. The van der Waals surface area contributed by atoms with E-state index in [0.717, 1.165) is 5.69 Å². The summed E-state index contributed by atoms with van der Waals surface area (Å²) < 4.78 is 6.85. The van der Waals surface area contributed by atoms with Crippen LogP contribution in [0.5, 0.6) is 0 Å². The number of fused-ring (bicyclic) bond motifs is 1. The fourth-order valence-corrected chi connectivity index (χ4v) is 3.75. The number of carbonyl (C=O) groups is 1. The second-order valence-electron chi connectivity index (χ2n) is 7.01. The maximum absolute atomic E-state index is 12.8. The van der Waals surface area contributed by atoms with Crippen LogP contribution in [-0.4, -0.2) is 43.3 Å². The minimum Gasteiger partial charge on any atom is -0.385 e. The minimum absolute atomic E-state index is 0.192. The number of H-pyrrole nitrogens is 1. The lowest BCUT2D eigenvalue weighted by atomic mass is 10.1. The van der Waals surface area contributed by atoms with Gasteiger partial charge in [-0.05, 0) is 55.0 Å². The maximum atomic E-state index is 12.8. The van der Waals surface area contributed by atoms with Crippen molar-refractivity contribution in [3.05, 3.63) is 62.1 Å². The summed E-state index contributed by atoms with van der Waals surface area (Å²) in [4.78, 5) is 30.4. The summed E-state index contributed by atoms with van der Waals surface area (Å²) in [5.41, 5.74) is 2.16. The molecule has 0 saturated heterocycles. The number of hydrogen-bond donors (Lipinski definition) is 2. The molecule has 0 unspecified atom stereocenters. The molecule has 0 radical (unpaired) electrons. The average molecular weight is 447 g/mol. The van der Waals surface area contributed by atoms with Gasteiger partial charge in [-0.3, -0.25) is 14.2 Å². The number of aromatic amines is 1. The molecule has 1 aromatic heterocycles. The lowest BCUT2D eigenvalue weighted by molar-refractivity contribution is 0.102. The van der Waals surface area contributed by atoms with Gasteiger partial charge in [-0.15, -0.1) is 0 Å². The monoisotopic (exact) mass is 446 g/mol. The van der Waals surface area contributed by atoms with Crippen molar-refractivity contribution in [1.29, 1.82) is 0 Å². The molecule has 0 bridgehead atoms. The van der Waals surface area contributed by atoms with Crippen molar-refractivity contribution in [2.45, 2.75) is 13.0 Å². The summed E-state index contributed by atoms with van der Waals surface area (Å²) in [5, 5.41) is 3.83. The Bertz CT molecular complexity index is 1200. The van der Waals surface area contributed by atoms with Gasteiger partial charge < -0.3 is 19.9 Å². The molecule has 0 spiro atoms. The van der Waals surface area contributed by atoms with Gasteiger partial charge in [-0.1, -0.05) is 11.6 Å². The highest BCUT2D eigenvalue weighted by atomic mass is 35.5. The van der Waals surface area contributed by atoms with Crippen molar-refractivity contribution in [2.75, 3.05) is 38.0 Å². The van der Waals surface area contributed by atoms with Crippen LogP contribution in [0.2, 0.25) is 5.02 Å². The third-order valence-corrected chi connectivity index (χ3v) is 5.29. The molecule has 2 aromatic carbocycles. The molecule has 9 heteroatoms. The van der Waals surface area contributed by atoms with E-state index in [-0.39, 0.29) is 11.5 Å². The minimum atomic E-state index is -0.311. The molecule has 7 nitrogen and oxygen atoms in total. The Balaban J connectivity index is 1.87. The van der Waals surface area contributed by atoms with E-state index in [1.165, 1.54) is 4.57 Å². The number of methoxy groups -OCH3 is 1. The zero-order valence-electron chi connectivity index (χ0n) is 17.0. The van der Waals surface area contributed by atoms with Gasteiger partial charge in [0.15, 0.2) is 4.77 Å². The SMILES string of the molecule is COCCCn1c(=S)[nH]c2cc(C(=O)Nc3ccc(N(C)C)c(Cl)c3)ccc2c1=O. The Morgan fingerprint density at radius 1 is 1.27 bits per heavy atom. The van der Waals surface area contributed by atoms with E-state index in [0.29, 0.717) is 51.5 Å². The van der Waals surface area contributed by atoms with E-state index in [1.807, 2.05) is 25.1 Å². The summed E-state index contributed by atoms with van der Waals surface area (Å²) in [6.07, 6.45) is 0.676. The molecule has 0 aliphatic heterocycles. The van der Waals surface area contributed by atoms with E-state index in [1.54, 1.807) is 37.4 Å². The number of amides is 1. The highest BCUT2D eigenvalue weighted by molar-refractivity contribution is 7.71. The smallest absolute Gasteiger partial charge is 0.262 e. The molecule has 3 rings (SSSR count). The second-order valence-corrected chi connectivity index (χ2v) is 7.80. The number of benzene rings is 2. The van der Waals surface area contributed by atoms with Gasteiger partial charge in [0.25, 0.3) is 11.5 Å². The van der Waals surface area contributed by atoms with Crippen LogP contribution in [0.3, 0.4) is 0 Å². The molecule has 1 amide bonds. The fourth-order valence-electron chi connectivity index (χ4n) is 3.12. The quantitative estimate of drug-likeness (QED) is 0.422. The van der Waals surface area contributed by atoms with Crippen LogP contribution in [-0.2, 0) is 11.3 Å². The van der Waals surface area contributed by atoms with Gasteiger partial charge in [-0.2, -0.15) is 0 Å². The Kier molecular flexibility index (Phi) is 6.91. The van der Waals surface area contributed by atoms with Crippen LogP contribution in [0.25, 0.3) is 10.9 Å². The molecular formula is C21H23ClN4O3S. The number of rotatable bonds is 7. The molecule has 0 aliphatic rings. The molecule has 158 valence electrons. The number of nitrogens with one attached hydrogen (secondary N) is 2. The summed E-state index contributed by atoms with van der Waals surface area (Å²) in [6, 6.07) is 10.2. The Morgan fingerprint density at radius 2 is 2.03 bits per heavy atom. The number of anilines is 2. The zero-order valence-corrected chi connectivity index (χ0v) is 18.6. The molecular weight excluding hydrogens is 424 g/mol. The summed E-state index contributed by atoms with van der Waals surface area (Å²) in [7, 11) is 5.40. The first-order valence-corrected chi connectivity index (χ1v) is 10.1. The van der Waals surface area contributed by atoms with Gasteiger partial charge in [0.2, 0.25) is 0 Å². The van der Waals surface area contributed by atoms with Gasteiger partial charge in [-0.25, -0.2) is 0 Å². The van der Waals surface area contributed by atoms with Crippen molar-refractivity contribution in [3.8, 4) is 0 Å². The van der Waals surface area contributed by atoms with E-state index in [9.17, 15) is 9.59 Å². The predicted molar refractivity (Wildman–Crippen MR) is 124 cm³/mol. The first-order chi connectivity index (χ1) is 14.3. The van der Waals surface area contributed by atoms with E-state index in [2.05, 4.69) is 10.3 Å². The highest BCUT2D eigenvalue weighted by Crippen LogP contribution is 2.27. The highest BCUT2D eigenvalue weighted by Gasteiger charge is 2.12. The van der Waals surface area contributed by atoms with Gasteiger partial charge in [0, 0.05) is 45.6 Å². The molecule has 2 N–H and O–H groups in total. The van der Waals surface area contributed by atoms with Crippen LogP contribution < -0.4 is 15.8 Å². The maximum Gasteiger partial charge on any atom is 0.262 e. The topological polar surface area (TPSA) is 79.4 Å². The van der Waals surface area contributed by atoms with Crippen molar-refractivity contribution >= 4 is 52.0 Å². The normalized spacial score (nSPS) is 10.9. The fraction of sp³-hybridized carbons (Fsp3) is 0.286. The van der Waals surface area contributed by atoms with Crippen molar-refractivity contribution in [1.82, 2.24) is 9.55 Å². The van der Waals surface area contributed by atoms with Gasteiger partial charge in [0.05, 0.1) is 21.6 Å². The third-order valence-electron chi connectivity index (χ3n) is 4.66. The number of aromatic nitrogens is 2. The van der Waals surface area contributed by atoms with Crippen molar-refractivity contribution in [3.63, 3.8) is 0 Å². The summed E-state index contributed by atoms with van der Waals surface area (Å²) >= 11 is 11.6. The van der Waals surface area contributed by atoms with Crippen molar-refractivity contribution in [2.24, 2.45) is 0 Å². The molecule has 30 heavy (non-hydrogen) atoms. The van der Waals surface area contributed by atoms with Gasteiger partial charge in [0.1, 0.15) is 0 Å². The van der Waals surface area contributed by atoms with E-state index < -0.39 is 0 Å². The number of carbonyl (C=O) groups excluding carboxylic acids is 1. The Labute approximate surface area is 184 Å². The lowest BCUT2D eigenvalue weighted by Gasteiger charge is -2.15. The molecule has 0 atom stereocenters. The Hall–Kier alpha value is -2.68. The van der Waals surface area contributed by atoms with Crippen LogP contribution in [0.15, 0.2) is 41.2 Å². The molecule has 0 aliphatic carbocycles. The zero-order chi connectivity index (χ0) is 21.8. The van der Waals surface area contributed by atoms with Crippen molar-refractivity contribution < 1.29 is 9.53 Å². The van der Waals surface area contributed by atoms with E-state index in [4.69, 9.17) is 28.6 Å². The molecule has 1 heterocycles. The van der Waals surface area contributed by atoms with E-state index >= 15 is 0 Å². The van der Waals surface area contributed by atoms with Crippen LogP contribution >= 0.6 is 23.8 Å². The first-order valence-electron chi connectivity index (χ1n) is 9.36. The summed E-state index contributed by atoms with van der Waals surface area (Å²) in [5.74, 6) is -0.311. The largest absolute Gasteiger partial charge is 0.385 e. The molecule has 0 fully saturated rings. The number of nitrogens with zero attached hydrogens (tertiary/aromatic N) is 2. The standard InChI is InChI=1S/C21H23ClN4O3S/c1-25(2)18-8-6-14(12-16(18)22)23-19(27)13-5-7-15-17(11-13)24-21(30)26(20(15)28)9-4-10-29-3/h5-8,11-12H,4,9-10H2,1-3H3,(H,23,27)(H,24,30). The number of ether oxygens (including phenoxy) is 1.